The van der Waals surface area contributed by atoms with Gasteiger partial charge in [-0.3, -0.25) is 0 Å². The van der Waals surface area contributed by atoms with E-state index in [1.54, 1.807) is 11.0 Å². The van der Waals surface area contributed by atoms with Crippen molar-refractivity contribution in [3.63, 3.8) is 0 Å². The zero-order valence-electron chi connectivity index (χ0n) is 11.9. The molecular formula is C14H20N6. The Kier molecular flexibility index (Phi) is 5.11. The van der Waals surface area contributed by atoms with Crippen molar-refractivity contribution >= 4 is 5.96 Å². The van der Waals surface area contributed by atoms with Gasteiger partial charge in [-0.25, -0.2) is 14.7 Å². The van der Waals surface area contributed by atoms with Crippen molar-refractivity contribution in [2.24, 2.45) is 4.99 Å². The van der Waals surface area contributed by atoms with Crippen molar-refractivity contribution < 1.29 is 0 Å². The second kappa shape index (κ2) is 7.28. The second-order valence-corrected chi connectivity index (χ2v) is 4.23. The standard InChI is InChI=1S/C14H20N6/c1-3-16-14(17-4-2)18-9-12-5-7-13(8-6-12)20-11-15-10-19-20/h5-8,10-11H,3-4,9H2,1-2H3,(H2,16,17,18). The summed E-state index contributed by atoms with van der Waals surface area (Å²) >= 11 is 0. The van der Waals surface area contributed by atoms with Crippen molar-refractivity contribution in [1.29, 1.82) is 0 Å². The van der Waals surface area contributed by atoms with E-state index in [0.29, 0.717) is 6.54 Å². The van der Waals surface area contributed by atoms with Gasteiger partial charge in [0.1, 0.15) is 12.7 Å². The number of nitrogens with one attached hydrogen (secondary N) is 2. The Morgan fingerprint density at radius 3 is 2.40 bits per heavy atom. The SMILES string of the molecule is CCNC(=NCc1ccc(-n2cncn2)cc1)NCC. The number of aromatic nitrogens is 3. The quantitative estimate of drug-likeness (QED) is 0.637. The van der Waals surface area contributed by atoms with Gasteiger partial charge in [0.15, 0.2) is 5.96 Å². The summed E-state index contributed by atoms with van der Waals surface area (Å²) < 4.78 is 1.73. The minimum Gasteiger partial charge on any atom is -0.357 e. The highest BCUT2D eigenvalue weighted by molar-refractivity contribution is 5.79. The smallest absolute Gasteiger partial charge is 0.191 e. The number of aliphatic imine (C=N–C) groups is 1. The zero-order chi connectivity index (χ0) is 14.2. The summed E-state index contributed by atoms with van der Waals surface area (Å²) in [4.78, 5) is 8.46. The van der Waals surface area contributed by atoms with E-state index in [1.165, 1.54) is 6.33 Å². The van der Waals surface area contributed by atoms with Crippen LogP contribution in [0.5, 0.6) is 0 Å². The molecule has 0 saturated carbocycles. The van der Waals surface area contributed by atoms with Gasteiger partial charge in [-0.05, 0) is 31.5 Å². The summed E-state index contributed by atoms with van der Waals surface area (Å²) in [7, 11) is 0. The maximum Gasteiger partial charge on any atom is 0.191 e. The van der Waals surface area contributed by atoms with Crippen LogP contribution in [0.3, 0.4) is 0 Å². The van der Waals surface area contributed by atoms with E-state index >= 15 is 0 Å². The Morgan fingerprint density at radius 1 is 1.15 bits per heavy atom. The lowest BCUT2D eigenvalue weighted by molar-refractivity contribution is 0.838. The molecular weight excluding hydrogens is 252 g/mol. The molecule has 0 unspecified atom stereocenters. The zero-order valence-corrected chi connectivity index (χ0v) is 11.9. The maximum absolute atomic E-state index is 4.53. The average molecular weight is 272 g/mol. The Bertz CT molecular complexity index is 521. The molecule has 0 spiro atoms. The van der Waals surface area contributed by atoms with Crippen LogP contribution in [0.2, 0.25) is 0 Å². The van der Waals surface area contributed by atoms with E-state index in [1.807, 2.05) is 12.1 Å². The van der Waals surface area contributed by atoms with Gasteiger partial charge in [0, 0.05) is 13.1 Å². The Hall–Kier alpha value is -2.37. The molecule has 0 fully saturated rings. The van der Waals surface area contributed by atoms with Crippen LogP contribution in [-0.4, -0.2) is 33.8 Å². The fourth-order valence-corrected chi connectivity index (χ4v) is 1.78. The molecule has 1 aromatic heterocycles. The van der Waals surface area contributed by atoms with Crippen LogP contribution in [0.15, 0.2) is 41.9 Å². The summed E-state index contributed by atoms with van der Waals surface area (Å²) in [5.41, 5.74) is 2.15. The van der Waals surface area contributed by atoms with Crippen molar-refractivity contribution in [2.45, 2.75) is 20.4 Å². The van der Waals surface area contributed by atoms with Gasteiger partial charge >= 0.3 is 0 Å². The molecule has 6 nitrogen and oxygen atoms in total. The van der Waals surface area contributed by atoms with E-state index < -0.39 is 0 Å². The van der Waals surface area contributed by atoms with Crippen LogP contribution in [-0.2, 0) is 6.54 Å². The van der Waals surface area contributed by atoms with E-state index in [-0.39, 0.29) is 0 Å². The first kappa shape index (κ1) is 14.0. The average Bonchev–Trinajstić information content (AvgIpc) is 3.00. The number of hydrogen-bond acceptors (Lipinski definition) is 3. The van der Waals surface area contributed by atoms with Crippen LogP contribution in [0.25, 0.3) is 5.69 Å². The minimum atomic E-state index is 0.646. The van der Waals surface area contributed by atoms with Crippen molar-refractivity contribution in [3.05, 3.63) is 42.5 Å². The summed E-state index contributed by atoms with van der Waals surface area (Å²) in [6.07, 6.45) is 3.21. The van der Waals surface area contributed by atoms with Crippen LogP contribution in [0.4, 0.5) is 0 Å². The molecule has 0 aliphatic rings. The monoisotopic (exact) mass is 272 g/mol. The van der Waals surface area contributed by atoms with Crippen molar-refractivity contribution in [1.82, 2.24) is 25.4 Å². The van der Waals surface area contributed by atoms with Gasteiger partial charge in [-0.1, -0.05) is 12.1 Å². The maximum atomic E-state index is 4.53. The highest BCUT2D eigenvalue weighted by Crippen LogP contribution is 2.08. The first-order chi connectivity index (χ1) is 9.83. The highest BCUT2D eigenvalue weighted by Gasteiger charge is 1.98. The van der Waals surface area contributed by atoms with Crippen LogP contribution in [0.1, 0.15) is 19.4 Å². The fourth-order valence-electron chi connectivity index (χ4n) is 1.78. The third kappa shape index (κ3) is 3.81. The fraction of sp³-hybridized carbons (Fsp3) is 0.357. The molecule has 2 rings (SSSR count). The highest BCUT2D eigenvalue weighted by atomic mass is 15.3. The lowest BCUT2D eigenvalue weighted by atomic mass is 10.2. The number of rotatable bonds is 5. The van der Waals surface area contributed by atoms with Crippen LogP contribution < -0.4 is 10.6 Å². The molecule has 2 aromatic rings. The van der Waals surface area contributed by atoms with Gasteiger partial charge < -0.3 is 10.6 Å². The lowest BCUT2D eigenvalue weighted by Crippen LogP contribution is -2.36. The molecule has 6 heteroatoms. The van der Waals surface area contributed by atoms with E-state index in [4.69, 9.17) is 0 Å². The third-order valence-corrected chi connectivity index (χ3v) is 2.73. The molecule has 2 N–H and O–H groups in total. The topological polar surface area (TPSA) is 67.1 Å². The van der Waals surface area contributed by atoms with Gasteiger partial charge in [0.25, 0.3) is 0 Å². The van der Waals surface area contributed by atoms with Crippen LogP contribution >= 0.6 is 0 Å². The summed E-state index contributed by atoms with van der Waals surface area (Å²) in [5, 5.41) is 10.5. The lowest BCUT2D eigenvalue weighted by Gasteiger charge is -2.09. The Morgan fingerprint density at radius 2 is 1.85 bits per heavy atom. The molecule has 1 heterocycles. The number of guanidine groups is 1. The molecule has 0 amide bonds. The van der Waals surface area contributed by atoms with E-state index in [0.717, 1.165) is 30.3 Å². The molecule has 0 aliphatic carbocycles. The molecule has 0 saturated heterocycles. The molecule has 1 aromatic carbocycles. The van der Waals surface area contributed by atoms with Crippen molar-refractivity contribution in [3.8, 4) is 5.69 Å². The number of benzene rings is 1. The number of nitrogens with zero attached hydrogens (tertiary/aromatic N) is 4. The van der Waals surface area contributed by atoms with Crippen molar-refractivity contribution in [2.75, 3.05) is 13.1 Å². The van der Waals surface area contributed by atoms with Gasteiger partial charge in [0.2, 0.25) is 0 Å². The summed E-state index contributed by atoms with van der Waals surface area (Å²) in [6.45, 7) is 6.47. The predicted octanol–water partition coefficient (Wildman–Crippen LogP) is 1.34. The molecule has 0 atom stereocenters. The molecule has 0 aliphatic heterocycles. The van der Waals surface area contributed by atoms with Gasteiger partial charge in [0.05, 0.1) is 12.2 Å². The van der Waals surface area contributed by atoms with E-state index in [9.17, 15) is 0 Å². The number of hydrogen-bond donors (Lipinski definition) is 2. The largest absolute Gasteiger partial charge is 0.357 e. The van der Waals surface area contributed by atoms with Crippen LogP contribution in [0, 0.1) is 0 Å². The second-order valence-electron chi connectivity index (χ2n) is 4.23. The van der Waals surface area contributed by atoms with E-state index in [2.05, 4.69) is 51.7 Å². The van der Waals surface area contributed by atoms with Gasteiger partial charge in [-0.2, -0.15) is 5.10 Å². The third-order valence-electron chi connectivity index (χ3n) is 2.73. The molecule has 20 heavy (non-hydrogen) atoms. The Labute approximate surface area is 119 Å². The Balaban J connectivity index is 2.01. The minimum absolute atomic E-state index is 0.646. The summed E-state index contributed by atoms with van der Waals surface area (Å²) in [6, 6.07) is 8.13. The predicted molar refractivity (Wildman–Crippen MR) is 79.9 cm³/mol. The normalized spacial score (nSPS) is 10.1. The molecule has 106 valence electrons. The van der Waals surface area contributed by atoms with Gasteiger partial charge in [-0.15, -0.1) is 0 Å². The summed E-state index contributed by atoms with van der Waals surface area (Å²) in [5.74, 6) is 0.843. The first-order valence-corrected chi connectivity index (χ1v) is 6.79. The molecule has 0 bridgehead atoms. The molecule has 0 radical (unpaired) electrons. The first-order valence-electron chi connectivity index (χ1n) is 6.79.